The first-order chi connectivity index (χ1) is 9.89. The molecule has 1 fully saturated rings. The van der Waals surface area contributed by atoms with E-state index in [1.807, 2.05) is 13.0 Å². The lowest BCUT2D eigenvalue weighted by Crippen LogP contribution is -2.44. The van der Waals surface area contributed by atoms with Gasteiger partial charge in [0.15, 0.2) is 0 Å². The van der Waals surface area contributed by atoms with Crippen LogP contribution in [-0.2, 0) is 21.3 Å². The standard InChI is InChI=1S/C15H24N2O3S/c1-12(2)16-10-14-5-4-6-15(9-14)21(18,19)17-7-8-20-13(3)11-17/h4-6,9,12-13,16H,7-8,10-11H2,1-3H3. The van der Waals surface area contributed by atoms with Crippen molar-refractivity contribution in [3.63, 3.8) is 0 Å². The number of sulfonamides is 1. The molecule has 0 saturated carbocycles. The quantitative estimate of drug-likeness (QED) is 0.897. The Balaban J connectivity index is 2.17. The molecule has 1 atom stereocenters. The van der Waals surface area contributed by atoms with E-state index in [1.165, 1.54) is 4.31 Å². The second kappa shape index (κ2) is 6.87. The fraction of sp³-hybridized carbons (Fsp3) is 0.600. The predicted molar refractivity (Wildman–Crippen MR) is 82.6 cm³/mol. The summed E-state index contributed by atoms with van der Waals surface area (Å²) < 4.78 is 32.3. The molecule has 0 aliphatic carbocycles. The van der Waals surface area contributed by atoms with Crippen molar-refractivity contribution in [1.82, 2.24) is 9.62 Å². The van der Waals surface area contributed by atoms with Gasteiger partial charge in [-0.1, -0.05) is 26.0 Å². The average molecular weight is 312 g/mol. The van der Waals surface area contributed by atoms with Gasteiger partial charge in [0.2, 0.25) is 10.0 Å². The number of hydrogen-bond donors (Lipinski definition) is 1. The lowest BCUT2D eigenvalue weighted by Gasteiger charge is -2.30. The molecule has 1 aromatic rings. The minimum Gasteiger partial charge on any atom is -0.376 e. The molecule has 6 heteroatoms. The van der Waals surface area contributed by atoms with E-state index >= 15 is 0 Å². The highest BCUT2D eigenvalue weighted by Gasteiger charge is 2.29. The van der Waals surface area contributed by atoms with Gasteiger partial charge in [0.05, 0.1) is 17.6 Å². The summed E-state index contributed by atoms with van der Waals surface area (Å²) in [7, 11) is -3.43. The number of hydrogen-bond acceptors (Lipinski definition) is 4. The van der Waals surface area contributed by atoms with Crippen LogP contribution in [-0.4, -0.2) is 44.6 Å². The fourth-order valence-corrected chi connectivity index (χ4v) is 3.86. The molecule has 5 nitrogen and oxygen atoms in total. The summed E-state index contributed by atoms with van der Waals surface area (Å²) in [5, 5.41) is 3.30. The summed E-state index contributed by atoms with van der Waals surface area (Å²) in [5.41, 5.74) is 0.978. The van der Waals surface area contributed by atoms with Crippen molar-refractivity contribution >= 4 is 10.0 Å². The number of ether oxygens (including phenoxy) is 1. The van der Waals surface area contributed by atoms with Crippen LogP contribution in [0.5, 0.6) is 0 Å². The van der Waals surface area contributed by atoms with Gasteiger partial charge < -0.3 is 10.1 Å². The maximum absolute atomic E-state index is 12.7. The fourth-order valence-electron chi connectivity index (χ4n) is 2.29. The first-order valence-corrected chi connectivity index (χ1v) is 8.77. The second-order valence-electron chi connectivity index (χ2n) is 5.73. The third-order valence-electron chi connectivity index (χ3n) is 3.45. The second-order valence-corrected chi connectivity index (χ2v) is 7.67. The van der Waals surface area contributed by atoms with Crippen molar-refractivity contribution in [2.75, 3.05) is 19.7 Å². The number of nitrogens with one attached hydrogen (secondary N) is 1. The lowest BCUT2D eigenvalue weighted by atomic mass is 10.2. The van der Waals surface area contributed by atoms with E-state index in [0.717, 1.165) is 5.56 Å². The van der Waals surface area contributed by atoms with E-state index < -0.39 is 10.0 Å². The largest absolute Gasteiger partial charge is 0.376 e. The minimum atomic E-state index is -3.43. The van der Waals surface area contributed by atoms with Gasteiger partial charge >= 0.3 is 0 Å². The van der Waals surface area contributed by atoms with Gasteiger partial charge in [-0.25, -0.2) is 8.42 Å². The highest BCUT2D eigenvalue weighted by Crippen LogP contribution is 2.19. The number of morpholine rings is 1. The molecular weight excluding hydrogens is 288 g/mol. The summed E-state index contributed by atoms with van der Waals surface area (Å²) in [4.78, 5) is 0.361. The first-order valence-electron chi connectivity index (χ1n) is 7.33. The molecule has 1 aliphatic heterocycles. The molecule has 118 valence electrons. The Morgan fingerprint density at radius 1 is 1.43 bits per heavy atom. The molecule has 1 heterocycles. The molecule has 1 aromatic carbocycles. The third kappa shape index (κ3) is 4.26. The molecule has 1 N–H and O–H groups in total. The minimum absolute atomic E-state index is 0.0562. The molecule has 0 radical (unpaired) electrons. The first kappa shape index (κ1) is 16.4. The molecule has 2 rings (SSSR count). The van der Waals surface area contributed by atoms with Gasteiger partial charge in [-0.2, -0.15) is 4.31 Å². The van der Waals surface area contributed by atoms with Crippen LogP contribution in [0.2, 0.25) is 0 Å². The highest BCUT2D eigenvalue weighted by molar-refractivity contribution is 7.89. The molecule has 0 bridgehead atoms. The van der Waals surface area contributed by atoms with E-state index in [2.05, 4.69) is 19.2 Å². The van der Waals surface area contributed by atoms with Gasteiger partial charge in [-0.05, 0) is 24.6 Å². The van der Waals surface area contributed by atoms with Crippen molar-refractivity contribution in [3.05, 3.63) is 29.8 Å². The highest BCUT2D eigenvalue weighted by atomic mass is 32.2. The average Bonchev–Trinajstić information content (AvgIpc) is 2.45. The van der Waals surface area contributed by atoms with E-state index in [-0.39, 0.29) is 6.10 Å². The van der Waals surface area contributed by atoms with Crippen molar-refractivity contribution in [1.29, 1.82) is 0 Å². The summed E-state index contributed by atoms with van der Waals surface area (Å²) in [6, 6.07) is 7.52. The number of nitrogens with zero attached hydrogens (tertiary/aromatic N) is 1. The Morgan fingerprint density at radius 2 is 2.19 bits per heavy atom. The summed E-state index contributed by atoms with van der Waals surface area (Å²) in [6.45, 7) is 7.98. The van der Waals surface area contributed by atoms with E-state index in [0.29, 0.717) is 37.2 Å². The zero-order valence-electron chi connectivity index (χ0n) is 12.9. The van der Waals surface area contributed by atoms with Gasteiger partial charge in [-0.3, -0.25) is 0 Å². The summed E-state index contributed by atoms with van der Waals surface area (Å²) in [5.74, 6) is 0. The maximum atomic E-state index is 12.7. The van der Waals surface area contributed by atoms with Crippen LogP contribution in [0.4, 0.5) is 0 Å². The Morgan fingerprint density at radius 3 is 2.86 bits per heavy atom. The van der Waals surface area contributed by atoms with Crippen LogP contribution in [0.25, 0.3) is 0 Å². The molecule has 0 aromatic heterocycles. The summed E-state index contributed by atoms with van der Waals surface area (Å²) >= 11 is 0. The Labute approximate surface area is 127 Å². The van der Waals surface area contributed by atoms with Crippen molar-refractivity contribution in [2.45, 2.75) is 44.4 Å². The van der Waals surface area contributed by atoms with Crippen LogP contribution >= 0.6 is 0 Å². The third-order valence-corrected chi connectivity index (χ3v) is 5.32. The van der Waals surface area contributed by atoms with E-state index in [9.17, 15) is 8.42 Å². The molecule has 0 amide bonds. The predicted octanol–water partition coefficient (Wildman–Crippen LogP) is 1.59. The van der Waals surface area contributed by atoms with Crippen LogP contribution in [0.3, 0.4) is 0 Å². The normalized spacial score (nSPS) is 20.9. The number of rotatable bonds is 5. The van der Waals surface area contributed by atoms with E-state index in [4.69, 9.17) is 4.74 Å². The van der Waals surface area contributed by atoms with Crippen LogP contribution < -0.4 is 5.32 Å². The van der Waals surface area contributed by atoms with Crippen molar-refractivity contribution in [2.24, 2.45) is 0 Å². The van der Waals surface area contributed by atoms with Gasteiger partial charge in [-0.15, -0.1) is 0 Å². The van der Waals surface area contributed by atoms with Gasteiger partial charge in [0, 0.05) is 25.7 Å². The lowest BCUT2D eigenvalue weighted by molar-refractivity contribution is 0.0102. The van der Waals surface area contributed by atoms with Crippen molar-refractivity contribution < 1.29 is 13.2 Å². The molecule has 1 saturated heterocycles. The SMILES string of the molecule is CC(C)NCc1cccc(S(=O)(=O)N2CCOC(C)C2)c1. The Hall–Kier alpha value is -0.950. The molecule has 1 aliphatic rings. The maximum Gasteiger partial charge on any atom is 0.243 e. The molecular formula is C15H24N2O3S. The summed E-state index contributed by atoms with van der Waals surface area (Å²) in [6.07, 6.45) is -0.0562. The van der Waals surface area contributed by atoms with E-state index in [1.54, 1.807) is 18.2 Å². The molecule has 1 unspecified atom stereocenters. The van der Waals surface area contributed by atoms with Crippen LogP contribution in [0.15, 0.2) is 29.2 Å². The Kier molecular flexibility index (Phi) is 5.37. The van der Waals surface area contributed by atoms with Crippen LogP contribution in [0, 0.1) is 0 Å². The Bertz CT molecular complexity index is 572. The zero-order valence-corrected chi connectivity index (χ0v) is 13.7. The number of benzene rings is 1. The van der Waals surface area contributed by atoms with Crippen LogP contribution in [0.1, 0.15) is 26.3 Å². The van der Waals surface area contributed by atoms with Gasteiger partial charge in [0.25, 0.3) is 0 Å². The molecule has 21 heavy (non-hydrogen) atoms. The molecule has 0 spiro atoms. The topological polar surface area (TPSA) is 58.6 Å². The monoisotopic (exact) mass is 312 g/mol. The van der Waals surface area contributed by atoms with Gasteiger partial charge in [0.1, 0.15) is 0 Å². The smallest absolute Gasteiger partial charge is 0.243 e. The van der Waals surface area contributed by atoms with Crippen molar-refractivity contribution in [3.8, 4) is 0 Å². The zero-order chi connectivity index (χ0) is 15.5.